The first-order chi connectivity index (χ1) is 11.5. The number of aryl methyl sites for hydroxylation is 1. The van der Waals surface area contributed by atoms with E-state index in [-0.39, 0.29) is 11.3 Å². The Morgan fingerprint density at radius 2 is 1.92 bits per heavy atom. The van der Waals surface area contributed by atoms with Crippen molar-refractivity contribution in [2.75, 3.05) is 5.32 Å². The Morgan fingerprint density at radius 3 is 2.62 bits per heavy atom. The molecule has 0 saturated heterocycles. The molecule has 2 aromatic carbocycles. The first-order valence-electron chi connectivity index (χ1n) is 7.13. The Hall–Kier alpha value is -3.06. The molecule has 0 aliphatic carbocycles. The fraction of sp³-hybridized carbons (Fsp3) is 0.0588. The number of nitro benzene ring substituents is 1. The number of carbonyl (C=O) groups excluding carboxylic acids is 1. The second kappa shape index (κ2) is 6.59. The van der Waals surface area contributed by atoms with E-state index in [1.54, 1.807) is 0 Å². The third-order valence-electron chi connectivity index (χ3n) is 3.38. The molecule has 120 valence electrons. The van der Waals surface area contributed by atoms with Gasteiger partial charge in [-0.1, -0.05) is 36.4 Å². The largest absolute Gasteiger partial charge is 0.298 e. The van der Waals surface area contributed by atoms with Crippen LogP contribution in [-0.2, 0) is 0 Å². The highest BCUT2D eigenvalue weighted by molar-refractivity contribution is 7.16. The summed E-state index contributed by atoms with van der Waals surface area (Å²) in [5.74, 6) is -0.424. The molecule has 0 aliphatic rings. The highest BCUT2D eigenvalue weighted by atomic mass is 32.1. The number of nitrogens with one attached hydrogen (secondary N) is 1. The first-order valence-corrected chi connectivity index (χ1v) is 7.95. The van der Waals surface area contributed by atoms with Crippen molar-refractivity contribution in [3.63, 3.8) is 0 Å². The van der Waals surface area contributed by atoms with Gasteiger partial charge in [0.1, 0.15) is 0 Å². The summed E-state index contributed by atoms with van der Waals surface area (Å²) in [6, 6.07) is 15.3. The van der Waals surface area contributed by atoms with Crippen molar-refractivity contribution in [1.29, 1.82) is 0 Å². The number of carbonyl (C=O) groups is 1. The van der Waals surface area contributed by atoms with Crippen molar-refractivity contribution in [3.8, 4) is 11.3 Å². The van der Waals surface area contributed by atoms with E-state index in [2.05, 4.69) is 10.3 Å². The lowest BCUT2D eigenvalue weighted by molar-refractivity contribution is -0.384. The van der Waals surface area contributed by atoms with E-state index in [0.29, 0.717) is 5.13 Å². The molecule has 7 heteroatoms. The minimum atomic E-state index is -0.530. The molecule has 1 N–H and O–H groups in total. The van der Waals surface area contributed by atoms with Crippen molar-refractivity contribution in [2.45, 2.75) is 6.92 Å². The van der Waals surface area contributed by atoms with E-state index in [9.17, 15) is 14.9 Å². The summed E-state index contributed by atoms with van der Waals surface area (Å²) in [5.41, 5.74) is 1.89. The normalized spacial score (nSPS) is 10.4. The highest BCUT2D eigenvalue weighted by Gasteiger charge is 2.15. The monoisotopic (exact) mass is 339 g/mol. The predicted molar refractivity (Wildman–Crippen MR) is 93.3 cm³/mol. The molecule has 1 heterocycles. The molecule has 0 radical (unpaired) electrons. The quantitative estimate of drug-likeness (QED) is 0.568. The van der Waals surface area contributed by atoms with Gasteiger partial charge >= 0.3 is 0 Å². The average molecular weight is 339 g/mol. The molecule has 0 saturated carbocycles. The van der Waals surface area contributed by atoms with E-state index in [0.717, 1.165) is 16.1 Å². The fourth-order valence-electron chi connectivity index (χ4n) is 2.24. The molecule has 1 aromatic heterocycles. The second-order valence-corrected chi connectivity index (χ2v) is 6.25. The molecular formula is C17H13N3O3S. The molecule has 3 rings (SSSR count). The maximum absolute atomic E-state index is 12.3. The van der Waals surface area contributed by atoms with Crippen LogP contribution < -0.4 is 5.32 Å². The molecular weight excluding hydrogens is 326 g/mol. The predicted octanol–water partition coefficient (Wildman–Crippen LogP) is 4.28. The van der Waals surface area contributed by atoms with Gasteiger partial charge in [-0.25, -0.2) is 4.98 Å². The van der Waals surface area contributed by atoms with Crippen LogP contribution in [0.3, 0.4) is 0 Å². The molecule has 3 aromatic rings. The Labute approximate surface area is 141 Å². The van der Waals surface area contributed by atoms with Crippen LogP contribution in [0, 0.1) is 17.0 Å². The summed E-state index contributed by atoms with van der Waals surface area (Å²) >= 11 is 1.37. The molecule has 0 bridgehead atoms. The number of non-ortho nitro benzene ring substituents is 1. The summed E-state index contributed by atoms with van der Waals surface area (Å²) in [5, 5.41) is 14.0. The number of hydrogen-bond acceptors (Lipinski definition) is 5. The SMILES string of the molecule is Cc1sc(NC(=O)c2cccc([N+](=O)[O-])c2)nc1-c1ccccc1. The van der Waals surface area contributed by atoms with Crippen molar-refractivity contribution in [2.24, 2.45) is 0 Å². The summed E-state index contributed by atoms with van der Waals surface area (Å²) in [6.45, 7) is 1.93. The van der Waals surface area contributed by atoms with Crippen LogP contribution in [0.5, 0.6) is 0 Å². The zero-order chi connectivity index (χ0) is 17.1. The first kappa shape index (κ1) is 15.8. The summed E-state index contributed by atoms with van der Waals surface area (Å²) in [7, 11) is 0. The molecule has 6 nitrogen and oxygen atoms in total. The number of aromatic nitrogens is 1. The number of rotatable bonds is 4. The standard InChI is InChI=1S/C17H13N3O3S/c1-11-15(12-6-3-2-4-7-12)18-17(24-11)19-16(21)13-8-5-9-14(10-13)20(22)23/h2-10H,1H3,(H,18,19,21). The Morgan fingerprint density at radius 1 is 1.17 bits per heavy atom. The number of amides is 1. The van der Waals surface area contributed by atoms with Crippen LogP contribution in [-0.4, -0.2) is 15.8 Å². The third kappa shape index (κ3) is 3.31. The van der Waals surface area contributed by atoms with Crippen LogP contribution in [0.4, 0.5) is 10.8 Å². The lowest BCUT2D eigenvalue weighted by Crippen LogP contribution is -2.11. The summed E-state index contributed by atoms with van der Waals surface area (Å²) < 4.78 is 0. The number of benzene rings is 2. The maximum atomic E-state index is 12.3. The van der Waals surface area contributed by atoms with E-state index >= 15 is 0 Å². The van der Waals surface area contributed by atoms with Crippen LogP contribution >= 0.6 is 11.3 Å². The Bertz CT molecular complexity index is 906. The minimum absolute atomic E-state index is 0.122. The third-order valence-corrected chi connectivity index (χ3v) is 4.27. The highest BCUT2D eigenvalue weighted by Crippen LogP contribution is 2.30. The molecule has 1 amide bonds. The Balaban J connectivity index is 1.83. The molecule has 24 heavy (non-hydrogen) atoms. The van der Waals surface area contributed by atoms with Crippen LogP contribution in [0.15, 0.2) is 54.6 Å². The zero-order valence-electron chi connectivity index (χ0n) is 12.7. The van der Waals surface area contributed by atoms with Gasteiger partial charge in [0, 0.05) is 28.1 Å². The number of anilines is 1. The van der Waals surface area contributed by atoms with Crippen molar-refractivity contribution in [1.82, 2.24) is 4.98 Å². The van der Waals surface area contributed by atoms with Gasteiger partial charge < -0.3 is 0 Å². The average Bonchev–Trinajstić information content (AvgIpc) is 2.96. The molecule has 0 unspecified atom stereocenters. The van der Waals surface area contributed by atoms with E-state index in [4.69, 9.17) is 0 Å². The van der Waals surface area contributed by atoms with Gasteiger partial charge in [0.25, 0.3) is 11.6 Å². The molecule has 0 spiro atoms. The van der Waals surface area contributed by atoms with Gasteiger partial charge in [-0.15, -0.1) is 11.3 Å². The number of thiazole rings is 1. The second-order valence-electron chi connectivity index (χ2n) is 5.05. The number of nitro groups is 1. The van der Waals surface area contributed by atoms with Gasteiger partial charge in [0.05, 0.1) is 10.6 Å². The van der Waals surface area contributed by atoms with Crippen LogP contribution in [0.2, 0.25) is 0 Å². The van der Waals surface area contributed by atoms with Gasteiger partial charge in [-0.3, -0.25) is 20.2 Å². The number of nitrogens with zero attached hydrogens (tertiary/aromatic N) is 2. The lowest BCUT2D eigenvalue weighted by Gasteiger charge is -2.01. The summed E-state index contributed by atoms with van der Waals surface area (Å²) in [6.07, 6.45) is 0. The smallest absolute Gasteiger partial charge is 0.270 e. The van der Waals surface area contributed by atoms with Crippen LogP contribution in [0.1, 0.15) is 15.2 Å². The fourth-order valence-corrected chi connectivity index (χ4v) is 3.07. The topological polar surface area (TPSA) is 85.1 Å². The van der Waals surface area contributed by atoms with E-state index in [1.807, 2.05) is 37.3 Å². The Kier molecular flexibility index (Phi) is 4.35. The molecule has 0 aliphatic heterocycles. The zero-order valence-corrected chi connectivity index (χ0v) is 13.5. The van der Waals surface area contributed by atoms with Gasteiger partial charge in [0.15, 0.2) is 5.13 Å². The van der Waals surface area contributed by atoms with Gasteiger partial charge in [0.2, 0.25) is 0 Å². The van der Waals surface area contributed by atoms with Gasteiger partial charge in [-0.2, -0.15) is 0 Å². The van der Waals surface area contributed by atoms with Gasteiger partial charge in [-0.05, 0) is 13.0 Å². The van der Waals surface area contributed by atoms with Crippen molar-refractivity contribution < 1.29 is 9.72 Å². The van der Waals surface area contributed by atoms with E-state index < -0.39 is 10.8 Å². The van der Waals surface area contributed by atoms with Crippen molar-refractivity contribution >= 4 is 28.1 Å². The maximum Gasteiger partial charge on any atom is 0.270 e. The summed E-state index contributed by atoms with van der Waals surface area (Å²) in [4.78, 5) is 28.0. The minimum Gasteiger partial charge on any atom is -0.298 e. The lowest BCUT2D eigenvalue weighted by atomic mass is 10.1. The van der Waals surface area contributed by atoms with Crippen molar-refractivity contribution in [3.05, 3.63) is 75.2 Å². The molecule has 0 fully saturated rings. The van der Waals surface area contributed by atoms with Crippen LogP contribution in [0.25, 0.3) is 11.3 Å². The number of hydrogen-bond donors (Lipinski definition) is 1. The van der Waals surface area contributed by atoms with E-state index in [1.165, 1.54) is 35.6 Å². The molecule has 0 atom stereocenters.